The predicted molar refractivity (Wildman–Crippen MR) is 92.7 cm³/mol. The molecule has 1 aliphatic carbocycles. The molecule has 1 aromatic carbocycles. The number of hydrogen-bond donors (Lipinski definition) is 1. The summed E-state index contributed by atoms with van der Waals surface area (Å²) in [6.45, 7) is 7.13. The van der Waals surface area contributed by atoms with E-state index >= 15 is 0 Å². The topological polar surface area (TPSA) is 59.3 Å². The Hall–Kier alpha value is -2.17. The molecule has 0 saturated heterocycles. The van der Waals surface area contributed by atoms with Crippen LogP contribution in [0.1, 0.15) is 55.7 Å². The summed E-state index contributed by atoms with van der Waals surface area (Å²) in [6.07, 6.45) is 4.57. The van der Waals surface area contributed by atoms with Crippen molar-refractivity contribution in [3.05, 3.63) is 29.6 Å². The van der Waals surface area contributed by atoms with Gasteiger partial charge in [-0.15, -0.1) is 0 Å². The maximum Gasteiger partial charge on any atom is 0.271 e. The number of amides is 1. The first-order valence-corrected chi connectivity index (χ1v) is 8.43. The highest BCUT2D eigenvalue weighted by atomic mass is 16.2. The Morgan fingerprint density at radius 2 is 2.26 bits per heavy atom. The molecule has 3 rings (SSSR count). The third-order valence-corrected chi connectivity index (χ3v) is 4.71. The number of fused-ring (bicyclic) bond motifs is 1. The highest BCUT2D eigenvalue weighted by molar-refractivity contribution is 5.98. The number of nitrogens with one attached hydrogen (secondary N) is 1. The van der Waals surface area contributed by atoms with Gasteiger partial charge in [0.1, 0.15) is 5.82 Å². The lowest BCUT2D eigenvalue weighted by Gasteiger charge is -2.19. The summed E-state index contributed by atoms with van der Waals surface area (Å²) in [5.74, 6) is 1.27. The number of carbonyl (C=O) groups is 1. The van der Waals surface area contributed by atoms with Crippen molar-refractivity contribution >= 4 is 22.7 Å². The number of aryl methyl sites for hydroxylation is 2. The number of hydrazone groups is 1. The highest BCUT2D eigenvalue weighted by Crippen LogP contribution is 2.21. The van der Waals surface area contributed by atoms with Gasteiger partial charge in [0.15, 0.2) is 0 Å². The van der Waals surface area contributed by atoms with Gasteiger partial charge in [0.05, 0.1) is 11.0 Å². The van der Waals surface area contributed by atoms with Gasteiger partial charge in [0.25, 0.3) is 5.91 Å². The molecule has 2 aromatic rings. The third kappa shape index (κ3) is 3.14. The van der Waals surface area contributed by atoms with E-state index in [1.165, 1.54) is 12.8 Å². The lowest BCUT2D eigenvalue weighted by Crippen LogP contribution is -2.24. The van der Waals surface area contributed by atoms with Crippen LogP contribution in [-0.2, 0) is 6.54 Å². The van der Waals surface area contributed by atoms with Gasteiger partial charge in [-0.3, -0.25) is 4.79 Å². The van der Waals surface area contributed by atoms with Crippen LogP contribution in [0.25, 0.3) is 11.0 Å². The number of benzene rings is 1. The summed E-state index contributed by atoms with van der Waals surface area (Å²) in [6, 6.07) is 5.65. The smallest absolute Gasteiger partial charge is 0.271 e. The normalized spacial score (nSPS) is 20.1. The maximum atomic E-state index is 12.3. The lowest BCUT2D eigenvalue weighted by molar-refractivity contribution is 0.0954. The molecular weight excluding hydrogens is 288 g/mol. The van der Waals surface area contributed by atoms with Gasteiger partial charge in [-0.2, -0.15) is 5.10 Å². The third-order valence-electron chi connectivity index (χ3n) is 4.71. The number of imidazole rings is 1. The van der Waals surface area contributed by atoms with Gasteiger partial charge in [-0.1, -0.05) is 13.3 Å². The Morgan fingerprint density at radius 1 is 1.43 bits per heavy atom. The van der Waals surface area contributed by atoms with E-state index in [0.717, 1.165) is 42.0 Å². The van der Waals surface area contributed by atoms with Gasteiger partial charge in [0.2, 0.25) is 0 Å². The van der Waals surface area contributed by atoms with Crippen LogP contribution in [0, 0.1) is 12.8 Å². The first-order valence-electron chi connectivity index (χ1n) is 8.43. The van der Waals surface area contributed by atoms with E-state index in [1.807, 2.05) is 25.1 Å². The predicted octanol–water partition coefficient (Wildman–Crippen LogP) is 3.66. The molecule has 1 N–H and O–H groups in total. The molecule has 0 bridgehead atoms. The Kier molecular flexibility index (Phi) is 4.46. The molecule has 0 unspecified atom stereocenters. The Bertz CT molecular complexity index is 760. The molecule has 1 fully saturated rings. The van der Waals surface area contributed by atoms with E-state index in [-0.39, 0.29) is 5.91 Å². The van der Waals surface area contributed by atoms with Gasteiger partial charge in [0, 0.05) is 17.8 Å². The average molecular weight is 312 g/mol. The minimum atomic E-state index is -0.166. The molecule has 1 aliphatic rings. The zero-order valence-corrected chi connectivity index (χ0v) is 14.1. The second kappa shape index (κ2) is 6.52. The van der Waals surface area contributed by atoms with E-state index in [1.54, 1.807) is 0 Å². The molecule has 0 aliphatic heterocycles. The molecule has 0 radical (unpaired) electrons. The van der Waals surface area contributed by atoms with Crippen molar-refractivity contribution in [2.45, 2.75) is 53.0 Å². The summed E-state index contributed by atoms with van der Waals surface area (Å²) < 4.78 is 2.14. The average Bonchev–Trinajstić information content (AvgIpc) is 2.87. The number of hydrogen-bond acceptors (Lipinski definition) is 3. The van der Waals surface area contributed by atoms with Crippen molar-refractivity contribution < 1.29 is 4.79 Å². The van der Waals surface area contributed by atoms with E-state index in [4.69, 9.17) is 0 Å². The van der Waals surface area contributed by atoms with Crippen molar-refractivity contribution in [2.24, 2.45) is 11.0 Å². The number of carbonyl (C=O) groups excluding carboxylic acids is 1. The van der Waals surface area contributed by atoms with Crippen LogP contribution in [-0.4, -0.2) is 21.2 Å². The fourth-order valence-electron chi connectivity index (χ4n) is 3.31. The Balaban J connectivity index is 1.79. The molecule has 1 aromatic heterocycles. The maximum absolute atomic E-state index is 12.3. The first kappa shape index (κ1) is 15.7. The summed E-state index contributed by atoms with van der Waals surface area (Å²) in [4.78, 5) is 16.9. The summed E-state index contributed by atoms with van der Waals surface area (Å²) >= 11 is 0. The second-order valence-electron chi connectivity index (χ2n) is 6.30. The number of nitrogens with zero attached hydrogens (tertiary/aromatic N) is 3. The minimum absolute atomic E-state index is 0.166. The zero-order chi connectivity index (χ0) is 16.4. The SMILES string of the molecule is CCn1c(C)nc2cc(C(=O)N/N=C3/CCCC[C@H]3C)ccc21. The van der Waals surface area contributed by atoms with Crippen LogP contribution < -0.4 is 5.43 Å². The van der Waals surface area contributed by atoms with Crippen LogP contribution >= 0.6 is 0 Å². The number of rotatable bonds is 3. The van der Waals surface area contributed by atoms with Gasteiger partial charge >= 0.3 is 0 Å². The molecular formula is C18H24N4O. The van der Waals surface area contributed by atoms with Crippen molar-refractivity contribution in [1.82, 2.24) is 15.0 Å². The molecule has 5 nitrogen and oxygen atoms in total. The van der Waals surface area contributed by atoms with Gasteiger partial charge in [-0.25, -0.2) is 10.4 Å². The molecule has 1 heterocycles. The Morgan fingerprint density at radius 3 is 3.00 bits per heavy atom. The van der Waals surface area contributed by atoms with Crippen LogP contribution in [0.5, 0.6) is 0 Å². The van der Waals surface area contributed by atoms with Crippen LogP contribution in [0.2, 0.25) is 0 Å². The zero-order valence-electron chi connectivity index (χ0n) is 14.1. The Labute approximate surface area is 136 Å². The quantitative estimate of drug-likeness (QED) is 0.879. The monoisotopic (exact) mass is 312 g/mol. The molecule has 5 heteroatoms. The second-order valence-corrected chi connectivity index (χ2v) is 6.30. The van der Waals surface area contributed by atoms with Gasteiger partial charge in [-0.05, 0) is 57.2 Å². The summed E-state index contributed by atoms with van der Waals surface area (Å²) in [5.41, 5.74) is 6.35. The van der Waals surface area contributed by atoms with E-state index < -0.39 is 0 Å². The van der Waals surface area contributed by atoms with Crippen molar-refractivity contribution in [2.75, 3.05) is 0 Å². The number of aromatic nitrogens is 2. The van der Waals surface area contributed by atoms with Crippen LogP contribution in [0.3, 0.4) is 0 Å². The minimum Gasteiger partial charge on any atom is -0.329 e. The van der Waals surface area contributed by atoms with Crippen molar-refractivity contribution in [3.63, 3.8) is 0 Å². The largest absolute Gasteiger partial charge is 0.329 e. The lowest BCUT2D eigenvalue weighted by atomic mass is 9.89. The molecule has 1 atom stereocenters. The summed E-state index contributed by atoms with van der Waals surface area (Å²) in [5, 5.41) is 4.35. The van der Waals surface area contributed by atoms with Crippen LogP contribution in [0.4, 0.5) is 0 Å². The molecule has 23 heavy (non-hydrogen) atoms. The van der Waals surface area contributed by atoms with Crippen molar-refractivity contribution in [3.8, 4) is 0 Å². The fraction of sp³-hybridized carbons (Fsp3) is 0.500. The van der Waals surface area contributed by atoms with Gasteiger partial charge < -0.3 is 4.57 Å². The molecule has 0 spiro atoms. The highest BCUT2D eigenvalue weighted by Gasteiger charge is 2.16. The standard InChI is InChI=1S/C18H24N4O/c1-4-22-13(3)19-16-11-14(9-10-17(16)22)18(23)21-20-15-8-6-5-7-12(15)2/h9-12H,4-8H2,1-3H3,(H,21,23)/b20-15-/t12-/m1/s1. The molecule has 1 saturated carbocycles. The van der Waals surface area contributed by atoms with E-state index in [0.29, 0.717) is 11.5 Å². The molecule has 1 amide bonds. The fourth-order valence-corrected chi connectivity index (χ4v) is 3.31. The molecule has 122 valence electrons. The first-order chi connectivity index (χ1) is 11.1. The van der Waals surface area contributed by atoms with E-state index in [9.17, 15) is 4.79 Å². The van der Waals surface area contributed by atoms with Crippen molar-refractivity contribution in [1.29, 1.82) is 0 Å². The summed E-state index contributed by atoms with van der Waals surface area (Å²) in [7, 11) is 0. The van der Waals surface area contributed by atoms with Crippen LogP contribution in [0.15, 0.2) is 23.3 Å². The van der Waals surface area contributed by atoms with E-state index in [2.05, 4.69) is 33.9 Å².